The Morgan fingerprint density at radius 1 is 1.12 bits per heavy atom. The van der Waals surface area contributed by atoms with Crippen molar-refractivity contribution in [1.82, 2.24) is 16.0 Å². The summed E-state index contributed by atoms with van der Waals surface area (Å²) in [5.41, 5.74) is 1.17. The first-order chi connectivity index (χ1) is 11.6. The van der Waals surface area contributed by atoms with Crippen LogP contribution in [0.25, 0.3) is 0 Å². The van der Waals surface area contributed by atoms with Gasteiger partial charge in [0.1, 0.15) is 0 Å². The Bertz CT molecular complexity index is 587. The van der Waals surface area contributed by atoms with Gasteiger partial charge in [0.2, 0.25) is 12.7 Å². The van der Waals surface area contributed by atoms with E-state index in [0.29, 0.717) is 19.9 Å². The number of benzene rings is 1. The summed E-state index contributed by atoms with van der Waals surface area (Å²) in [5.74, 6) is 2.38. The van der Waals surface area contributed by atoms with E-state index in [9.17, 15) is 4.79 Å². The molecule has 1 aromatic rings. The van der Waals surface area contributed by atoms with Crippen molar-refractivity contribution in [2.45, 2.75) is 20.3 Å². The van der Waals surface area contributed by atoms with E-state index in [2.05, 4.69) is 20.9 Å². The van der Waals surface area contributed by atoms with Crippen LogP contribution in [-0.4, -0.2) is 45.3 Å². The Labute approximate surface area is 142 Å². The molecule has 0 unspecified atom stereocenters. The third-order valence-electron chi connectivity index (χ3n) is 3.61. The molecule has 0 fully saturated rings. The monoisotopic (exact) mass is 334 g/mol. The van der Waals surface area contributed by atoms with Crippen LogP contribution in [0.1, 0.15) is 19.4 Å². The number of hydrogen-bond donors (Lipinski definition) is 3. The molecule has 0 aliphatic carbocycles. The molecule has 1 amide bonds. The number of ether oxygens (including phenoxy) is 2. The summed E-state index contributed by atoms with van der Waals surface area (Å²) in [6, 6.07) is 5.97. The van der Waals surface area contributed by atoms with Gasteiger partial charge in [0.05, 0.1) is 0 Å². The normalized spacial score (nSPS) is 13.1. The molecule has 1 aliphatic heterocycles. The second kappa shape index (κ2) is 9.00. The maximum Gasteiger partial charge on any atom is 0.231 e. The standard InChI is InChI=1S/C17H26N4O3/c1-12(2)16(22)19-8-9-21-17(18-3)20-7-6-13-4-5-14-15(10-13)24-11-23-14/h4-5,10,12H,6-9,11H2,1-3H3,(H,19,22)(H2,18,20,21). The number of hydrogen-bond acceptors (Lipinski definition) is 4. The molecule has 132 valence electrons. The van der Waals surface area contributed by atoms with E-state index >= 15 is 0 Å². The molecule has 1 heterocycles. The Balaban J connectivity index is 1.65. The minimum absolute atomic E-state index is 0.00383. The van der Waals surface area contributed by atoms with Gasteiger partial charge in [0.15, 0.2) is 17.5 Å². The van der Waals surface area contributed by atoms with Crippen LogP contribution in [0.4, 0.5) is 0 Å². The van der Waals surface area contributed by atoms with Crippen LogP contribution in [0.3, 0.4) is 0 Å². The molecule has 1 aliphatic rings. The molecular weight excluding hydrogens is 308 g/mol. The van der Waals surface area contributed by atoms with E-state index in [1.165, 1.54) is 5.56 Å². The van der Waals surface area contributed by atoms with Gasteiger partial charge in [0, 0.05) is 32.6 Å². The lowest BCUT2D eigenvalue weighted by molar-refractivity contribution is -0.123. The Morgan fingerprint density at radius 3 is 2.58 bits per heavy atom. The van der Waals surface area contributed by atoms with Gasteiger partial charge in [-0.15, -0.1) is 0 Å². The minimum Gasteiger partial charge on any atom is -0.454 e. The van der Waals surface area contributed by atoms with Crippen LogP contribution in [0.2, 0.25) is 0 Å². The van der Waals surface area contributed by atoms with Crippen molar-refractivity contribution in [2.24, 2.45) is 10.9 Å². The number of nitrogens with one attached hydrogen (secondary N) is 3. The van der Waals surface area contributed by atoms with Gasteiger partial charge < -0.3 is 25.4 Å². The third-order valence-corrected chi connectivity index (χ3v) is 3.61. The van der Waals surface area contributed by atoms with Crippen molar-refractivity contribution >= 4 is 11.9 Å². The van der Waals surface area contributed by atoms with Crippen molar-refractivity contribution < 1.29 is 14.3 Å². The summed E-state index contributed by atoms with van der Waals surface area (Å²) in [6.45, 7) is 5.99. The Kier molecular flexibility index (Phi) is 6.72. The fourth-order valence-corrected chi connectivity index (χ4v) is 2.21. The van der Waals surface area contributed by atoms with E-state index in [1.807, 2.05) is 32.0 Å². The van der Waals surface area contributed by atoms with Crippen molar-refractivity contribution in [3.8, 4) is 11.5 Å². The lowest BCUT2D eigenvalue weighted by atomic mass is 10.1. The van der Waals surface area contributed by atoms with Crippen molar-refractivity contribution in [3.63, 3.8) is 0 Å². The molecule has 2 rings (SSSR count). The maximum absolute atomic E-state index is 11.5. The summed E-state index contributed by atoms with van der Waals surface area (Å²) >= 11 is 0. The van der Waals surface area contributed by atoms with E-state index in [4.69, 9.17) is 9.47 Å². The lowest BCUT2D eigenvalue weighted by Gasteiger charge is -2.13. The molecule has 0 bridgehead atoms. The number of rotatable bonds is 7. The topological polar surface area (TPSA) is 84.0 Å². The summed E-state index contributed by atoms with van der Waals surface area (Å²) in [4.78, 5) is 15.6. The van der Waals surface area contributed by atoms with Crippen molar-refractivity contribution in [2.75, 3.05) is 33.5 Å². The molecule has 7 nitrogen and oxygen atoms in total. The van der Waals surface area contributed by atoms with Crippen LogP contribution in [-0.2, 0) is 11.2 Å². The summed E-state index contributed by atoms with van der Waals surface area (Å²) in [5, 5.41) is 9.28. The average Bonchev–Trinajstić information content (AvgIpc) is 3.04. The number of carbonyl (C=O) groups excluding carboxylic acids is 1. The molecular formula is C17H26N4O3. The first-order valence-corrected chi connectivity index (χ1v) is 8.21. The zero-order valence-corrected chi connectivity index (χ0v) is 14.5. The molecule has 24 heavy (non-hydrogen) atoms. The van der Waals surface area contributed by atoms with Gasteiger partial charge in [-0.1, -0.05) is 19.9 Å². The molecule has 7 heteroatoms. The van der Waals surface area contributed by atoms with Gasteiger partial charge >= 0.3 is 0 Å². The first kappa shape index (κ1) is 17.9. The first-order valence-electron chi connectivity index (χ1n) is 8.21. The van der Waals surface area contributed by atoms with Crippen LogP contribution in [0.15, 0.2) is 23.2 Å². The van der Waals surface area contributed by atoms with Crippen LogP contribution in [0.5, 0.6) is 11.5 Å². The molecule has 0 saturated carbocycles. The summed E-state index contributed by atoms with van der Waals surface area (Å²) in [6.07, 6.45) is 0.849. The molecule has 0 aromatic heterocycles. The fourth-order valence-electron chi connectivity index (χ4n) is 2.21. The molecule has 3 N–H and O–H groups in total. The maximum atomic E-state index is 11.5. The lowest BCUT2D eigenvalue weighted by Crippen LogP contribution is -2.42. The zero-order chi connectivity index (χ0) is 17.4. The fraction of sp³-hybridized carbons (Fsp3) is 0.529. The van der Waals surface area contributed by atoms with E-state index < -0.39 is 0 Å². The third kappa shape index (κ3) is 5.33. The number of carbonyl (C=O) groups is 1. The zero-order valence-electron chi connectivity index (χ0n) is 14.5. The molecule has 0 radical (unpaired) electrons. The number of nitrogens with zero attached hydrogens (tertiary/aromatic N) is 1. The second-order valence-electron chi connectivity index (χ2n) is 5.81. The van der Waals surface area contributed by atoms with Crippen LogP contribution in [0, 0.1) is 5.92 Å². The van der Waals surface area contributed by atoms with Crippen molar-refractivity contribution in [1.29, 1.82) is 0 Å². The molecule has 0 spiro atoms. The average molecular weight is 334 g/mol. The predicted molar refractivity (Wildman–Crippen MR) is 93.5 cm³/mol. The largest absolute Gasteiger partial charge is 0.454 e. The van der Waals surface area contributed by atoms with Crippen LogP contribution >= 0.6 is 0 Å². The number of guanidine groups is 1. The smallest absolute Gasteiger partial charge is 0.231 e. The number of fused-ring (bicyclic) bond motifs is 1. The van der Waals surface area contributed by atoms with Gasteiger partial charge in [-0.25, -0.2) is 0 Å². The highest BCUT2D eigenvalue weighted by Crippen LogP contribution is 2.32. The quantitative estimate of drug-likeness (QED) is 0.392. The second-order valence-corrected chi connectivity index (χ2v) is 5.81. The van der Waals surface area contributed by atoms with Gasteiger partial charge in [-0.05, 0) is 24.1 Å². The Morgan fingerprint density at radius 2 is 1.83 bits per heavy atom. The molecule has 0 atom stereocenters. The Hall–Kier alpha value is -2.44. The summed E-state index contributed by atoms with van der Waals surface area (Å²) in [7, 11) is 1.72. The van der Waals surface area contributed by atoms with Gasteiger partial charge in [-0.2, -0.15) is 0 Å². The molecule has 1 aromatic carbocycles. The van der Waals surface area contributed by atoms with E-state index in [0.717, 1.165) is 30.4 Å². The van der Waals surface area contributed by atoms with E-state index in [-0.39, 0.29) is 11.8 Å². The highest BCUT2D eigenvalue weighted by molar-refractivity contribution is 5.80. The number of aliphatic imine (C=N–C) groups is 1. The molecule has 0 saturated heterocycles. The number of amides is 1. The van der Waals surface area contributed by atoms with Gasteiger partial charge in [0.25, 0.3) is 0 Å². The highest BCUT2D eigenvalue weighted by atomic mass is 16.7. The van der Waals surface area contributed by atoms with Crippen LogP contribution < -0.4 is 25.4 Å². The predicted octanol–water partition coefficient (Wildman–Crippen LogP) is 0.895. The highest BCUT2D eigenvalue weighted by Gasteiger charge is 2.13. The van der Waals surface area contributed by atoms with Crippen molar-refractivity contribution in [3.05, 3.63) is 23.8 Å². The van der Waals surface area contributed by atoms with E-state index in [1.54, 1.807) is 7.05 Å². The van der Waals surface area contributed by atoms with Gasteiger partial charge in [-0.3, -0.25) is 9.79 Å². The SMILES string of the molecule is CN=C(NCCNC(=O)C(C)C)NCCc1ccc2c(c1)OCO2. The minimum atomic E-state index is 0.00383. The summed E-state index contributed by atoms with van der Waals surface area (Å²) < 4.78 is 10.7.